The first-order valence-electron chi connectivity index (χ1n) is 6.02. The average Bonchev–Trinajstić information content (AvgIpc) is 2.43. The molecule has 0 spiro atoms. The molecule has 3 rings (SSSR count). The number of hydrogen-bond acceptors (Lipinski definition) is 6. The molecular formula is C14H9N3O4. The Morgan fingerprint density at radius 2 is 1.81 bits per heavy atom. The van der Waals surface area contributed by atoms with Crippen molar-refractivity contribution in [2.24, 2.45) is 0 Å². The monoisotopic (exact) mass is 283 g/mol. The number of aromatic amines is 1. The maximum atomic E-state index is 11.8. The number of rotatable bonds is 2. The Hall–Kier alpha value is -3.22. The number of H-pyrrole nitrogens is 1. The van der Waals surface area contributed by atoms with Crippen molar-refractivity contribution in [3.8, 4) is 5.88 Å². The Kier molecular flexibility index (Phi) is 2.87. The third-order valence-corrected chi connectivity index (χ3v) is 2.94. The van der Waals surface area contributed by atoms with E-state index in [1.807, 2.05) is 0 Å². The summed E-state index contributed by atoms with van der Waals surface area (Å²) in [5, 5.41) is 12.0. The zero-order chi connectivity index (χ0) is 15.0. The molecule has 7 nitrogen and oxygen atoms in total. The summed E-state index contributed by atoms with van der Waals surface area (Å²) in [7, 11) is 0. The van der Waals surface area contributed by atoms with Crippen LogP contribution in [0.5, 0.6) is 5.88 Å². The summed E-state index contributed by atoms with van der Waals surface area (Å²) in [5.74, 6) is -1.73. The van der Waals surface area contributed by atoms with E-state index in [0.29, 0.717) is 11.3 Å². The fraction of sp³-hybridized carbons (Fsp3) is 0. The zero-order valence-corrected chi connectivity index (χ0v) is 10.6. The van der Waals surface area contributed by atoms with Gasteiger partial charge in [0.1, 0.15) is 0 Å². The highest BCUT2D eigenvalue weighted by molar-refractivity contribution is 6.50. The fourth-order valence-corrected chi connectivity index (χ4v) is 2.06. The Balaban J connectivity index is 2.06. The molecule has 1 aromatic heterocycles. The molecule has 0 bridgehead atoms. The van der Waals surface area contributed by atoms with E-state index in [2.05, 4.69) is 15.3 Å². The number of carbonyl (C=O) groups excluding carboxylic acids is 2. The van der Waals surface area contributed by atoms with Gasteiger partial charge in [-0.1, -0.05) is 24.3 Å². The van der Waals surface area contributed by atoms with Gasteiger partial charge in [0.25, 0.3) is 5.56 Å². The van der Waals surface area contributed by atoms with Crippen LogP contribution in [0.15, 0.2) is 41.2 Å². The molecule has 7 heteroatoms. The largest absolute Gasteiger partial charge is 0.493 e. The SMILES string of the molecule is O=C1C=C(Nc2nc(O)cc(=O)[nH]2)c2ccccc2C1=O. The predicted molar refractivity (Wildman–Crippen MR) is 73.9 cm³/mol. The molecule has 1 aliphatic rings. The first kappa shape index (κ1) is 12.8. The number of nitrogens with zero attached hydrogens (tertiary/aromatic N) is 1. The maximum Gasteiger partial charge on any atom is 0.256 e. The molecule has 1 heterocycles. The lowest BCUT2D eigenvalue weighted by Crippen LogP contribution is -2.22. The molecule has 0 amide bonds. The van der Waals surface area contributed by atoms with E-state index >= 15 is 0 Å². The molecule has 0 saturated carbocycles. The molecular weight excluding hydrogens is 274 g/mol. The summed E-state index contributed by atoms with van der Waals surface area (Å²) in [4.78, 5) is 40.8. The number of anilines is 1. The molecule has 21 heavy (non-hydrogen) atoms. The first-order chi connectivity index (χ1) is 10.0. The number of aromatic nitrogens is 2. The Bertz CT molecular complexity index is 851. The van der Waals surface area contributed by atoms with E-state index < -0.39 is 23.0 Å². The van der Waals surface area contributed by atoms with Gasteiger partial charge in [0.2, 0.25) is 23.4 Å². The first-order valence-corrected chi connectivity index (χ1v) is 6.02. The molecule has 1 aliphatic carbocycles. The van der Waals surface area contributed by atoms with Crippen LogP contribution in [0.1, 0.15) is 15.9 Å². The van der Waals surface area contributed by atoms with E-state index in [4.69, 9.17) is 0 Å². The molecule has 3 N–H and O–H groups in total. The average molecular weight is 283 g/mol. The number of aromatic hydroxyl groups is 1. The second kappa shape index (κ2) is 4.71. The van der Waals surface area contributed by atoms with Crippen LogP contribution in [0, 0.1) is 0 Å². The van der Waals surface area contributed by atoms with Crippen molar-refractivity contribution in [3.63, 3.8) is 0 Å². The van der Waals surface area contributed by atoms with Crippen LogP contribution in [0.3, 0.4) is 0 Å². The van der Waals surface area contributed by atoms with Gasteiger partial charge in [0.05, 0.1) is 11.8 Å². The van der Waals surface area contributed by atoms with Crippen LogP contribution in [0.25, 0.3) is 5.70 Å². The van der Waals surface area contributed by atoms with Crippen molar-refractivity contribution < 1.29 is 14.7 Å². The number of ketones is 2. The van der Waals surface area contributed by atoms with Gasteiger partial charge in [0.15, 0.2) is 0 Å². The highest BCUT2D eigenvalue weighted by atomic mass is 16.3. The Labute approximate surface area is 118 Å². The molecule has 104 valence electrons. The molecule has 0 aliphatic heterocycles. The van der Waals surface area contributed by atoms with Gasteiger partial charge in [-0.15, -0.1) is 0 Å². The summed E-state index contributed by atoms with van der Waals surface area (Å²) in [6.07, 6.45) is 1.13. The van der Waals surface area contributed by atoms with E-state index in [1.54, 1.807) is 24.3 Å². The van der Waals surface area contributed by atoms with E-state index in [9.17, 15) is 19.5 Å². The quantitative estimate of drug-likeness (QED) is 0.699. The number of nitrogens with one attached hydrogen (secondary N) is 2. The van der Waals surface area contributed by atoms with Crippen LogP contribution in [-0.2, 0) is 4.79 Å². The topological polar surface area (TPSA) is 112 Å². The van der Waals surface area contributed by atoms with Gasteiger partial charge >= 0.3 is 0 Å². The highest BCUT2D eigenvalue weighted by Crippen LogP contribution is 2.25. The molecule has 0 unspecified atom stereocenters. The molecule has 0 radical (unpaired) electrons. The predicted octanol–water partition coefficient (Wildman–Crippen LogP) is 0.694. The van der Waals surface area contributed by atoms with Crippen molar-refractivity contribution in [2.75, 3.05) is 5.32 Å². The van der Waals surface area contributed by atoms with Crippen molar-refractivity contribution in [1.29, 1.82) is 0 Å². The highest BCUT2D eigenvalue weighted by Gasteiger charge is 2.25. The number of allylic oxidation sites excluding steroid dienone is 1. The summed E-state index contributed by atoms with van der Waals surface area (Å²) in [6.45, 7) is 0. The van der Waals surface area contributed by atoms with Crippen LogP contribution >= 0.6 is 0 Å². The number of fused-ring (bicyclic) bond motifs is 1. The van der Waals surface area contributed by atoms with Crippen molar-refractivity contribution in [1.82, 2.24) is 9.97 Å². The lowest BCUT2D eigenvalue weighted by Gasteiger charge is -2.16. The van der Waals surface area contributed by atoms with Gasteiger partial charge in [-0.25, -0.2) is 0 Å². The van der Waals surface area contributed by atoms with Crippen LogP contribution in [0.4, 0.5) is 5.95 Å². The van der Waals surface area contributed by atoms with Crippen LogP contribution in [0.2, 0.25) is 0 Å². The minimum Gasteiger partial charge on any atom is -0.493 e. The molecule has 0 saturated heterocycles. The fourth-order valence-electron chi connectivity index (χ4n) is 2.06. The third kappa shape index (κ3) is 2.32. The normalized spacial score (nSPS) is 13.6. The molecule has 0 atom stereocenters. The zero-order valence-electron chi connectivity index (χ0n) is 10.6. The lowest BCUT2D eigenvalue weighted by molar-refractivity contribution is -0.111. The number of Topliss-reactive ketones (excluding diaryl/α,β-unsaturated/α-hetero) is 1. The van der Waals surface area contributed by atoms with E-state index in [1.165, 1.54) is 0 Å². The van der Waals surface area contributed by atoms with Gasteiger partial charge in [-0.3, -0.25) is 19.4 Å². The van der Waals surface area contributed by atoms with Gasteiger partial charge in [0, 0.05) is 17.2 Å². The van der Waals surface area contributed by atoms with E-state index in [-0.39, 0.29) is 11.5 Å². The van der Waals surface area contributed by atoms with Gasteiger partial charge < -0.3 is 10.4 Å². The molecule has 1 aromatic carbocycles. The van der Waals surface area contributed by atoms with Gasteiger partial charge in [-0.05, 0) is 0 Å². The van der Waals surface area contributed by atoms with Crippen molar-refractivity contribution in [3.05, 3.63) is 57.9 Å². The summed E-state index contributed by atoms with van der Waals surface area (Å²) in [6, 6.07) is 7.50. The van der Waals surface area contributed by atoms with Crippen molar-refractivity contribution in [2.45, 2.75) is 0 Å². The second-order valence-electron chi connectivity index (χ2n) is 4.37. The number of hydrogen-bond donors (Lipinski definition) is 3. The maximum absolute atomic E-state index is 11.8. The van der Waals surface area contributed by atoms with Gasteiger partial charge in [-0.2, -0.15) is 4.98 Å². The number of carbonyl (C=O) groups is 2. The standard InChI is InChI=1S/C14H9N3O4/c18-10-5-9(7-3-1-2-4-8(7)13(10)21)15-14-16-11(19)6-12(20)17-14/h1-6H,(H3,15,16,17,19,20). The Morgan fingerprint density at radius 3 is 2.52 bits per heavy atom. The van der Waals surface area contributed by atoms with Crippen molar-refractivity contribution >= 4 is 23.2 Å². The van der Waals surface area contributed by atoms with Crippen LogP contribution < -0.4 is 10.9 Å². The van der Waals surface area contributed by atoms with Crippen LogP contribution in [-0.4, -0.2) is 26.6 Å². The molecule has 2 aromatic rings. The number of benzene rings is 1. The lowest BCUT2D eigenvalue weighted by atomic mass is 9.93. The smallest absolute Gasteiger partial charge is 0.256 e. The summed E-state index contributed by atoms with van der Waals surface area (Å²) < 4.78 is 0. The summed E-state index contributed by atoms with van der Waals surface area (Å²) in [5.41, 5.74) is 0.573. The minimum absolute atomic E-state index is 0.0248. The Morgan fingerprint density at radius 1 is 1.10 bits per heavy atom. The minimum atomic E-state index is -0.668. The third-order valence-electron chi connectivity index (χ3n) is 2.94. The van der Waals surface area contributed by atoms with E-state index in [0.717, 1.165) is 12.1 Å². The second-order valence-corrected chi connectivity index (χ2v) is 4.37. The molecule has 0 fully saturated rings. The summed E-state index contributed by atoms with van der Waals surface area (Å²) >= 11 is 0.